The molecule has 1 N–H and O–H groups in total. The lowest BCUT2D eigenvalue weighted by Gasteiger charge is -2.09. The molecule has 0 fully saturated rings. The minimum absolute atomic E-state index is 0.0487. The second-order valence-corrected chi connectivity index (χ2v) is 5.30. The molecule has 2 heterocycles. The molecule has 98 valence electrons. The number of aromatic nitrogens is 2. The normalized spacial score (nSPS) is 13.1. The Morgan fingerprint density at radius 3 is 3.11 bits per heavy atom. The first-order chi connectivity index (χ1) is 9.13. The molecule has 1 aromatic heterocycles. The van der Waals surface area contributed by atoms with E-state index in [0.29, 0.717) is 13.2 Å². The van der Waals surface area contributed by atoms with Gasteiger partial charge in [-0.05, 0) is 17.7 Å². The highest BCUT2D eigenvalue weighted by atomic mass is 79.9. The SMILES string of the molecule is O=C(O)c1cn(Cc2cc(Br)cc3c2OCC3)cn1. The molecule has 3 rings (SSSR count). The van der Waals surface area contributed by atoms with Crippen LogP contribution in [0.1, 0.15) is 21.6 Å². The first kappa shape index (κ1) is 12.2. The summed E-state index contributed by atoms with van der Waals surface area (Å²) in [5.41, 5.74) is 2.26. The maximum Gasteiger partial charge on any atom is 0.356 e. The van der Waals surface area contributed by atoms with Gasteiger partial charge in [0.25, 0.3) is 0 Å². The van der Waals surface area contributed by atoms with Crippen molar-refractivity contribution in [2.24, 2.45) is 0 Å². The molecule has 0 unspecified atom stereocenters. The van der Waals surface area contributed by atoms with E-state index in [9.17, 15) is 4.79 Å². The molecule has 6 heteroatoms. The molecule has 2 aromatic rings. The number of fused-ring (bicyclic) bond motifs is 1. The van der Waals surface area contributed by atoms with Crippen molar-refractivity contribution < 1.29 is 14.6 Å². The Morgan fingerprint density at radius 1 is 1.53 bits per heavy atom. The largest absolute Gasteiger partial charge is 0.493 e. The van der Waals surface area contributed by atoms with E-state index in [2.05, 4.69) is 27.0 Å². The van der Waals surface area contributed by atoms with Gasteiger partial charge in [-0.15, -0.1) is 0 Å². The van der Waals surface area contributed by atoms with E-state index in [0.717, 1.165) is 22.2 Å². The third-order valence-electron chi connectivity index (χ3n) is 3.03. The number of carboxylic acids is 1. The fourth-order valence-electron chi connectivity index (χ4n) is 2.22. The second kappa shape index (κ2) is 4.70. The van der Waals surface area contributed by atoms with Gasteiger partial charge < -0.3 is 14.4 Å². The van der Waals surface area contributed by atoms with Gasteiger partial charge in [0.05, 0.1) is 19.5 Å². The van der Waals surface area contributed by atoms with Crippen LogP contribution in [0, 0.1) is 0 Å². The monoisotopic (exact) mass is 322 g/mol. The molecule has 0 aliphatic carbocycles. The minimum atomic E-state index is -1.02. The van der Waals surface area contributed by atoms with Gasteiger partial charge in [0.15, 0.2) is 5.69 Å². The summed E-state index contributed by atoms with van der Waals surface area (Å²) in [7, 11) is 0. The molecule has 19 heavy (non-hydrogen) atoms. The van der Waals surface area contributed by atoms with E-state index >= 15 is 0 Å². The molecular weight excluding hydrogens is 312 g/mol. The molecule has 0 saturated heterocycles. The molecule has 5 nitrogen and oxygen atoms in total. The average Bonchev–Trinajstić information content (AvgIpc) is 2.96. The summed E-state index contributed by atoms with van der Waals surface area (Å²) < 4.78 is 8.39. The van der Waals surface area contributed by atoms with Gasteiger partial charge >= 0.3 is 5.97 Å². The van der Waals surface area contributed by atoms with Crippen molar-refractivity contribution in [2.75, 3.05) is 6.61 Å². The lowest BCUT2D eigenvalue weighted by Crippen LogP contribution is -2.00. The van der Waals surface area contributed by atoms with Crippen LogP contribution in [0.2, 0.25) is 0 Å². The quantitative estimate of drug-likeness (QED) is 0.942. The third kappa shape index (κ3) is 2.35. The van der Waals surface area contributed by atoms with Crippen LogP contribution in [0.25, 0.3) is 0 Å². The Kier molecular flexibility index (Phi) is 3.02. The maximum absolute atomic E-state index is 10.8. The Bertz CT molecular complexity index is 651. The fourth-order valence-corrected chi connectivity index (χ4v) is 2.77. The van der Waals surface area contributed by atoms with E-state index in [4.69, 9.17) is 9.84 Å². The van der Waals surface area contributed by atoms with Crippen LogP contribution in [0.4, 0.5) is 0 Å². The maximum atomic E-state index is 10.8. The van der Waals surface area contributed by atoms with Gasteiger partial charge in [-0.2, -0.15) is 0 Å². The summed E-state index contributed by atoms with van der Waals surface area (Å²) in [5.74, 6) is -0.108. The van der Waals surface area contributed by atoms with Gasteiger partial charge in [0.2, 0.25) is 0 Å². The van der Waals surface area contributed by atoms with Crippen LogP contribution in [0.3, 0.4) is 0 Å². The Hall–Kier alpha value is -1.82. The van der Waals surface area contributed by atoms with Crippen molar-refractivity contribution in [1.82, 2.24) is 9.55 Å². The predicted octanol–water partition coefficient (Wildman–Crippen LogP) is 2.33. The van der Waals surface area contributed by atoms with Gasteiger partial charge in [-0.3, -0.25) is 0 Å². The zero-order chi connectivity index (χ0) is 13.4. The third-order valence-corrected chi connectivity index (χ3v) is 3.49. The standard InChI is InChI=1S/C13H11BrN2O3/c14-10-3-8-1-2-19-12(8)9(4-10)5-16-6-11(13(17)18)15-7-16/h3-4,6-7H,1-2,5H2,(H,17,18). The highest BCUT2D eigenvalue weighted by molar-refractivity contribution is 9.10. The number of nitrogens with zero attached hydrogens (tertiary/aromatic N) is 2. The number of carboxylic acid groups (broad SMARTS) is 1. The molecule has 1 aliphatic heterocycles. The van der Waals surface area contributed by atoms with Gasteiger partial charge in [0.1, 0.15) is 5.75 Å². The Balaban J connectivity index is 1.92. The molecule has 0 atom stereocenters. The number of aromatic carboxylic acids is 1. The van der Waals surface area contributed by atoms with Crippen molar-refractivity contribution in [2.45, 2.75) is 13.0 Å². The van der Waals surface area contributed by atoms with Crippen LogP contribution in [0.15, 0.2) is 29.1 Å². The van der Waals surface area contributed by atoms with E-state index in [1.54, 1.807) is 4.57 Å². The Morgan fingerprint density at radius 2 is 2.37 bits per heavy atom. The minimum Gasteiger partial charge on any atom is -0.493 e. The number of benzene rings is 1. The van der Waals surface area contributed by atoms with Crippen LogP contribution >= 0.6 is 15.9 Å². The summed E-state index contributed by atoms with van der Waals surface area (Å²) in [5, 5.41) is 8.86. The summed E-state index contributed by atoms with van der Waals surface area (Å²) in [4.78, 5) is 14.6. The first-order valence-electron chi connectivity index (χ1n) is 5.82. The summed E-state index contributed by atoms with van der Waals surface area (Å²) in [6, 6.07) is 4.05. The highest BCUT2D eigenvalue weighted by Crippen LogP contribution is 2.33. The molecule has 0 amide bonds. The van der Waals surface area contributed by atoms with Crippen LogP contribution in [-0.4, -0.2) is 27.2 Å². The number of ether oxygens (including phenoxy) is 1. The van der Waals surface area contributed by atoms with Crippen molar-refractivity contribution in [3.63, 3.8) is 0 Å². The van der Waals surface area contributed by atoms with Crippen LogP contribution in [-0.2, 0) is 13.0 Å². The average molecular weight is 323 g/mol. The second-order valence-electron chi connectivity index (χ2n) is 4.39. The number of hydrogen-bond acceptors (Lipinski definition) is 3. The summed E-state index contributed by atoms with van der Waals surface area (Å²) in [6.07, 6.45) is 3.95. The van der Waals surface area contributed by atoms with Crippen molar-refractivity contribution in [3.05, 3.63) is 46.0 Å². The Labute approximate surface area is 118 Å². The van der Waals surface area contributed by atoms with E-state index in [-0.39, 0.29) is 5.69 Å². The predicted molar refractivity (Wildman–Crippen MR) is 71.6 cm³/mol. The number of halogens is 1. The number of imidazole rings is 1. The lowest BCUT2D eigenvalue weighted by molar-refractivity contribution is 0.0691. The molecule has 0 spiro atoms. The van der Waals surface area contributed by atoms with Gasteiger partial charge in [0, 0.05) is 22.7 Å². The number of hydrogen-bond donors (Lipinski definition) is 1. The zero-order valence-corrected chi connectivity index (χ0v) is 11.6. The van der Waals surface area contributed by atoms with Gasteiger partial charge in [-0.25, -0.2) is 9.78 Å². The molecule has 0 bridgehead atoms. The molecule has 1 aromatic carbocycles. The highest BCUT2D eigenvalue weighted by Gasteiger charge is 2.18. The summed E-state index contributed by atoms with van der Waals surface area (Å²) >= 11 is 3.48. The molecule has 0 saturated carbocycles. The van der Waals surface area contributed by atoms with E-state index in [1.165, 1.54) is 18.1 Å². The van der Waals surface area contributed by atoms with Gasteiger partial charge in [-0.1, -0.05) is 15.9 Å². The topological polar surface area (TPSA) is 64.3 Å². The smallest absolute Gasteiger partial charge is 0.356 e. The fraction of sp³-hybridized carbons (Fsp3) is 0.231. The van der Waals surface area contributed by atoms with Crippen molar-refractivity contribution >= 4 is 21.9 Å². The van der Waals surface area contributed by atoms with E-state index < -0.39 is 5.97 Å². The van der Waals surface area contributed by atoms with Crippen LogP contribution in [0.5, 0.6) is 5.75 Å². The van der Waals surface area contributed by atoms with E-state index in [1.807, 2.05) is 6.07 Å². The molecular formula is C13H11BrN2O3. The number of carbonyl (C=O) groups is 1. The van der Waals surface area contributed by atoms with Crippen molar-refractivity contribution in [3.8, 4) is 5.75 Å². The molecule has 1 aliphatic rings. The van der Waals surface area contributed by atoms with Crippen LogP contribution < -0.4 is 4.74 Å². The summed E-state index contributed by atoms with van der Waals surface area (Å²) in [6.45, 7) is 1.24. The lowest BCUT2D eigenvalue weighted by atomic mass is 10.1. The van der Waals surface area contributed by atoms with Crippen molar-refractivity contribution in [1.29, 1.82) is 0 Å². The molecule has 0 radical (unpaired) electrons. The zero-order valence-electron chi connectivity index (χ0n) is 9.97. The first-order valence-corrected chi connectivity index (χ1v) is 6.62. The number of rotatable bonds is 3.